The van der Waals surface area contributed by atoms with Crippen LogP contribution in [0.4, 0.5) is 0 Å². The minimum atomic E-state index is -0.750. The Morgan fingerprint density at radius 3 is 1.12 bits per heavy atom. The fraction of sp³-hybridized carbons (Fsp3) is 0.343. The summed E-state index contributed by atoms with van der Waals surface area (Å²) >= 11 is 24.4. The second-order valence-corrected chi connectivity index (χ2v) is 25.6. The maximum absolute atomic E-state index is 4.81. The van der Waals surface area contributed by atoms with Crippen molar-refractivity contribution in [3.8, 4) is 0 Å². The molecule has 0 saturated heterocycles. The minimum Gasteiger partial charge on any atom is -0.134 e. The quantitative estimate of drug-likeness (QED) is 0.0427. The van der Waals surface area contributed by atoms with Crippen molar-refractivity contribution < 1.29 is 0 Å². The van der Waals surface area contributed by atoms with Crippen molar-refractivity contribution in [3.05, 3.63) is 160 Å². The van der Waals surface area contributed by atoms with Gasteiger partial charge in [-0.2, -0.15) is 0 Å². The van der Waals surface area contributed by atoms with Crippen LogP contribution in [0.5, 0.6) is 0 Å². The van der Waals surface area contributed by atoms with E-state index < -0.39 is 4.30 Å². The molecule has 0 aliphatic carbocycles. The number of thioether (sulfide) groups is 1. The van der Waals surface area contributed by atoms with Gasteiger partial charge in [0.25, 0.3) is 0 Å². The molecule has 75 heavy (non-hydrogen) atoms. The minimum absolute atomic E-state index is 0.614. The summed E-state index contributed by atoms with van der Waals surface area (Å²) in [5.74, 6) is 2.48. The lowest BCUT2D eigenvalue weighted by atomic mass is 9.92. The summed E-state index contributed by atoms with van der Waals surface area (Å²) in [6.07, 6.45) is 16.7. The van der Waals surface area contributed by atoms with E-state index in [1.165, 1.54) is 168 Å². The van der Waals surface area contributed by atoms with Gasteiger partial charge in [0.2, 0.25) is 0 Å². The maximum atomic E-state index is 4.81. The van der Waals surface area contributed by atoms with Gasteiger partial charge in [0.05, 0.1) is 9.40 Å². The fourth-order valence-electron chi connectivity index (χ4n) is 10.8. The van der Waals surface area contributed by atoms with Crippen LogP contribution in [0.3, 0.4) is 0 Å². The van der Waals surface area contributed by atoms with E-state index in [1.54, 1.807) is 0 Å². The Hall–Kier alpha value is -2.60. The average molecular weight is 1330 g/mol. The van der Waals surface area contributed by atoms with Crippen molar-refractivity contribution in [2.24, 2.45) is 0 Å². The monoisotopic (exact) mass is 1330 g/mol. The zero-order valence-corrected chi connectivity index (χ0v) is 54.4. The average Bonchev–Trinajstić information content (AvgIpc) is 3.94. The molecule has 4 atom stereocenters. The zero-order chi connectivity index (χ0) is 53.9. The molecule has 0 N–H and O–H groups in total. The largest absolute Gasteiger partial charge is 0.180 e. The Labute approximate surface area is 499 Å². The van der Waals surface area contributed by atoms with Gasteiger partial charge in [0.15, 0.2) is 4.30 Å². The molecule has 10 aromatic rings. The third-order valence-electron chi connectivity index (χ3n) is 15.1. The molecule has 2 heterocycles. The summed E-state index contributed by atoms with van der Waals surface area (Å²) in [5.41, 5.74) is 9.76. The van der Waals surface area contributed by atoms with Gasteiger partial charge in [0, 0.05) is 62.3 Å². The number of hydrogen-bond donors (Lipinski definition) is 0. The van der Waals surface area contributed by atoms with E-state index in [1.807, 2.05) is 34.4 Å². The van der Waals surface area contributed by atoms with Crippen LogP contribution in [-0.4, -0.2) is 10.6 Å². The molecule has 0 bridgehead atoms. The molecule has 2 aromatic heterocycles. The summed E-state index contributed by atoms with van der Waals surface area (Å²) in [4.78, 5) is 1.34. The van der Waals surface area contributed by atoms with Crippen molar-refractivity contribution in [2.45, 2.75) is 147 Å². The van der Waals surface area contributed by atoms with Gasteiger partial charge >= 0.3 is 0 Å². The van der Waals surface area contributed by atoms with E-state index in [4.69, 9.17) is 34.8 Å². The molecule has 0 fully saturated rings. The number of alkyl halides is 3. The van der Waals surface area contributed by atoms with Crippen molar-refractivity contribution >= 4 is 191 Å². The highest BCUT2D eigenvalue weighted by molar-refractivity contribution is 15.0. The van der Waals surface area contributed by atoms with Gasteiger partial charge in [-0.3, -0.25) is 0 Å². The first-order valence-corrected chi connectivity index (χ1v) is 37.3. The molecule has 0 aliphatic rings. The van der Waals surface area contributed by atoms with Crippen LogP contribution in [0, 0.1) is 6.92 Å². The molecular weight excluding hydrogens is 1260 g/mol. The van der Waals surface area contributed by atoms with Gasteiger partial charge in [-0.1, -0.05) is 207 Å². The SMILES string of the molecule is CCCC(C)c1ccc2cc(/C=C/c3cc4ccc(C(C)CCC)cc4cc3SC)c(C)cc2c1.CCCC(C)c1ccc2cc3c(cc2c1)sc1c2cc4ccc(C(C)CCC)cc4cc2sc31.ClC(Cl)Cl.II. The molecule has 10 rings (SSSR count). The van der Waals surface area contributed by atoms with Crippen LogP contribution in [0.1, 0.15) is 169 Å². The van der Waals surface area contributed by atoms with Crippen molar-refractivity contribution in [1.29, 1.82) is 0 Å². The Morgan fingerprint density at radius 2 is 0.760 bits per heavy atom. The van der Waals surface area contributed by atoms with Crippen LogP contribution in [0.2, 0.25) is 0 Å². The van der Waals surface area contributed by atoms with E-state index in [0.717, 1.165) is 0 Å². The van der Waals surface area contributed by atoms with Crippen LogP contribution in [0.25, 0.3) is 84.8 Å². The smallest absolute Gasteiger partial charge is 0.134 e. The second kappa shape index (κ2) is 28.5. The van der Waals surface area contributed by atoms with Crippen LogP contribution < -0.4 is 0 Å². The summed E-state index contributed by atoms with van der Waals surface area (Å²) in [6.45, 7) is 20.7. The summed E-state index contributed by atoms with van der Waals surface area (Å²) in [5, 5.41) is 13.7. The standard InChI is InChI=1S/C34H40S.C32H32S2.CHCl3.I2/c1-7-9-23(3)26-11-14-29-18-28(25(5)17-32(29)19-26)13-16-31-21-30-15-12-27(24(4)10-8-2)20-33(30)22-34(31)35-6;1-5-7-19(3)21-9-11-23-15-27-29(17-25(23)13-21)33-32-28-16-24-12-10-22(20(4)8-6-2)14-26(24)18-30(28)34-31(27)32;2-1(3)4;1-2/h11-24H,7-10H2,1-6H3;9-20H,5-8H2,1-4H3;1H;/b16-13+;;;. The lowest BCUT2D eigenvalue weighted by Gasteiger charge is -2.13. The van der Waals surface area contributed by atoms with Gasteiger partial charge in [-0.15, -0.1) is 34.4 Å². The highest BCUT2D eigenvalue weighted by Gasteiger charge is 2.16. The lowest BCUT2D eigenvalue weighted by Crippen LogP contribution is -1.93. The number of rotatable bonds is 15. The Morgan fingerprint density at radius 1 is 0.440 bits per heavy atom. The molecular formula is C67H73Cl3I2S3. The van der Waals surface area contributed by atoms with E-state index in [2.05, 4.69) is 239 Å². The van der Waals surface area contributed by atoms with E-state index in [9.17, 15) is 0 Å². The third-order valence-corrected chi connectivity index (χ3v) is 18.4. The van der Waals surface area contributed by atoms with Gasteiger partial charge < -0.3 is 0 Å². The van der Waals surface area contributed by atoms with Gasteiger partial charge in [-0.25, -0.2) is 0 Å². The first-order valence-electron chi connectivity index (χ1n) is 26.9. The normalized spacial score (nSPS) is 13.3. The molecule has 394 valence electrons. The summed E-state index contributed by atoms with van der Waals surface area (Å²) in [6, 6.07) is 47.3. The Kier molecular flexibility index (Phi) is 22.8. The van der Waals surface area contributed by atoms with E-state index >= 15 is 0 Å². The molecule has 0 radical (unpaired) electrons. The highest BCUT2D eigenvalue weighted by atomic mass is 128. The fourth-order valence-corrected chi connectivity index (χ4v) is 14.1. The predicted octanol–water partition coefficient (Wildman–Crippen LogP) is 26.1. The van der Waals surface area contributed by atoms with Crippen molar-refractivity contribution in [2.75, 3.05) is 6.26 Å². The van der Waals surface area contributed by atoms with Crippen LogP contribution in [-0.2, 0) is 0 Å². The Bertz CT molecular complexity index is 3420. The van der Waals surface area contributed by atoms with Crippen LogP contribution in [0.15, 0.2) is 126 Å². The molecule has 8 heteroatoms. The second-order valence-electron chi connectivity index (χ2n) is 20.6. The lowest BCUT2D eigenvalue weighted by molar-refractivity contribution is 0.665. The first kappa shape index (κ1) is 60.0. The predicted molar refractivity (Wildman–Crippen MR) is 366 cm³/mol. The molecule has 4 unspecified atom stereocenters. The zero-order valence-electron chi connectivity index (χ0n) is 45.4. The summed E-state index contributed by atoms with van der Waals surface area (Å²) < 4.78 is 4.99. The first-order chi connectivity index (χ1) is 36.2. The third kappa shape index (κ3) is 14.8. The number of aryl methyl sites for hydroxylation is 1. The van der Waals surface area contributed by atoms with E-state index in [-0.39, 0.29) is 0 Å². The molecule has 0 aliphatic heterocycles. The molecule has 0 saturated carbocycles. The Balaban J connectivity index is 0.000000198. The number of fused-ring (bicyclic) bond motifs is 9. The van der Waals surface area contributed by atoms with Gasteiger partial charge in [-0.05, 0) is 187 Å². The van der Waals surface area contributed by atoms with Crippen molar-refractivity contribution in [1.82, 2.24) is 0 Å². The summed E-state index contributed by atoms with van der Waals surface area (Å²) in [7, 11) is 0. The number of hydrogen-bond acceptors (Lipinski definition) is 3. The molecule has 0 spiro atoms. The number of benzene rings is 8. The van der Waals surface area contributed by atoms with Gasteiger partial charge in [0.1, 0.15) is 0 Å². The highest BCUT2D eigenvalue weighted by Crippen LogP contribution is 2.47. The molecule has 0 nitrogen and oxygen atoms in total. The maximum Gasteiger partial charge on any atom is 0.180 e. The van der Waals surface area contributed by atoms with E-state index in [0.29, 0.717) is 23.7 Å². The number of halogens is 5. The molecule has 8 aromatic carbocycles. The molecule has 0 amide bonds. The van der Waals surface area contributed by atoms with Crippen LogP contribution >= 0.6 is 106 Å². The number of thiophene rings is 2. The topological polar surface area (TPSA) is 0 Å². The van der Waals surface area contributed by atoms with Crippen molar-refractivity contribution in [3.63, 3.8) is 0 Å².